The first-order valence-corrected chi connectivity index (χ1v) is 7.79. The monoisotopic (exact) mass is 310 g/mol. The average molecular weight is 311 g/mol. The minimum atomic E-state index is 0.591. The summed E-state index contributed by atoms with van der Waals surface area (Å²) in [4.78, 5) is 9.09. The molecule has 4 nitrogen and oxygen atoms in total. The van der Waals surface area contributed by atoms with Crippen molar-refractivity contribution in [1.82, 2.24) is 19.7 Å². The molecule has 2 aromatic heterocycles. The maximum absolute atomic E-state index is 6.28. The van der Waals surface area contributed by atoms with E-state index in [1.165, 1.54) is 5.56 Å². The number of aromatic nitrogens is 4. The molecule has 0 unspecified atom stereocenters. The van der Waals surface area contributed by atoms with Crippen molar-refractivity contribution in [2.24, 2.45) is 0 Å². The van der Waals surface area contributed by atoms with Crippen LogP contribution in [-0.2, 0) is 19.4 Å². The topological polar surface area (TPSA) is 43.6 Å². The summed E-state index contributed by atoms with van der Waals surface area (Å²) in [7, 11) is 0. The Balaban J connectivity index is 1.63. The van der Waals surface area contributed by atoms with Gasteiger partial charge in [0.2, 0.25) is 0 Å². The van der Waals surface area contributed by atoms with E-state index in [2.05, 4.69) is 27.2 Å². The summed E-state index contributed by atoms with van der Waals surface area (Å²) >= 11 is 6.28. The Morgan fingerprint density at radius 1 is 1.09 bits per heavy atom. The fourth-order valence-electron chi connectivity index (χ4n) is 2.85. The lowest BCUT2D eigenvalue weighted by Gasteiger charge is -2.04. The van der Waals surface area contributed by atoms with E-state index in [1.807, 2.05) is 29.1 Å². The lowest BCUT2D eigenvalue weighted by molar-refractivity contribution is 0.687. The molecule has 0 atom stereocenters. The van der Waals surface area contributed by atoms with Crippen LogP contribution in [0.15, 0.2) is 42.7 Å². The molecule has 1 aromatic carbocycles. The first-order valence-electron chi connectivity index (χ1n) is 7.41. The van der Waals surface area contributed by atoms with Gasteiger partial charge >= 0.3 is 0 Å². The van der Waals surface area contributed by atoms with Gasteiger partial charge in [0, 0.05) is 17.5 Å². The zero-order valence-corrected chi connectivity index (χ0v) is 12.8. The van der Waals surface area contributed by atoms with Gasteiger partial charge in [0.25, 0.3) is 0 Å². The van der Waals surface area contributed by atoms with Gasteiger partial charge < -0.3 is 0 Å². The van der Waals surface area contributed by atoms with Gasteiger partial charge in [-0.05, 0) is 24.8 Å². The molecule has 2 heterocycles. The highest BCUT2D eigenvalue weighted by Crippen LogP contribution is 2.28. The highest BCUT2D eigenvalue weighted by molar-refractivity contribution is 6.30. The quantitative estimate of drug-likeness (QED) is 0.695. The molecular formula is C17H15ClN4. The molecule has 0 saturated carbocycles. The van der Waals surface area contributed by atoms with Gasteiger partial charge in [-0.3, -0.25) is 4.68 Å². The number of benzene rings is 1. The number of fused-ring (bicyclic) bond motifs is 1. The standard InChI is InChI=1S/C17H15ClN4/c18-16-14-7-4-8-15(14)20-17(21-16)13-9-19-22(11-13)10-12-5-2-1-3-6-12/h1-3,5-6,9,11H,4,7-8,10H2. The molecular weight excluding hydrogens is 296 g/mol. The smallest absolute Gasteiger partial charge is 0.164 e. The Morgan fingerprint density at radius 3 is 2.82 bits per heavy atom. The number of hydrogen-bond donors (Lipinski definition) is 0. The summed E-state index contributed by atoms with van der Waals surface area (Å²) in [6, 6.07) is 10.2. The Labute approximate surface area is 133 Å². The van der Waals surface area contributed by atoms with Crippen molar-refractivity contribution in [3.8, 4) is 11.4 Å². The van der Waals surface area contributed by atoms with E-state index in [0.717, 1.165) is 42.6 Å². The van der Waals surface area contributed by atoms with Gasteiger partial charge in [-0.15, -0.1) is 0 Å². The second kappa shape index (κ2) is 5.54. The van der Waals surface area contributed by atoms with E-state index < -0.39 is 0 Å². The van der Waals surface area contributed by atoms with E-state index in [1.54, 1.807) is 6.20 Å². The maximum atomic E-state index is 6.28. The van der Waals surface area contributed by atoms with Crippen LogP contribution >= 0.6 is 11.6 Å². The molecule has 1 aliphatic rings. The molecule has 0 radical (unpaired) electrons. The van der Waals surface area contributed by atoms with Crippen LogP contribution in [0.4, 0.5) is 0 Å². The molecule has 4 rings (SSSR count). The van der Waals surface area contributed by atoms with Crippen molar-refractivity contribution in [3.05, 3.63) is 64.7 Å². The van der Waals surface area contributed by atoms with Crippen molar-refractivity contribution in [1.29, 1.82) is 0 Å². The average Bonchev–Trinajstić information content (AvgIpc) is 3.17. The highest BCUT2D eigenvalue weighted by Gasteiger charge is 2.19. The van der Waals surface area contributed by atoms with Crippen molar-refractivity contribution in [3.63, 3.8) is 0 Å². The lowest BCUT2D eigenvalue weighted by Crippen LogP contribution is -1.99. The fourth-order valence-corrected chi connectivity index (χ4v) is 3.14. The summed E-state index contributed by atoms with van der Waals surface area (Å²) < 4.78 is 1.90. The Hall–Kier alpha value is -2.20. The van der Waals surface area contributed by atoms with Crippen molar-refractivity contribution in [2.45, 2.75) is 25.8 Å². The van der Waals surface area contributed by atoms with Crippen LogP contribution in [0.2, 0.25) is 5.15 Å². The molecule has 110 valence electrons. The molecule has 0 aliphatic heterocycles. The van der Waals surface area contributed by atoms with E-state index in [0.29, 0.717) is 11.0 Å². The molecule has 0 spiro atoms. The maximum Gasteiger partial charge on any atom is 0.164 e. The van der Waals surface area contributed by atoms with Gasteiger partial charge in [0.1, 0.15) is 5.15 Å². The van der Waals surface area contributed by atoms with Crippen molar-refractivity contribution < 1.29 is 0 Å². The Kier molecular flexibility index (Phi) is 3.39. The van der Waals surface area contributed by atoms with Crippen LogP contribution in [0, 0.1) is 0 Å². The third-order valence-electron chi connectivity index (χ3n) is 3.96. The van der Waals surface area contributed by atoms with Gasteiger partial charge in [-0.2, -0.15) is 5.10 Å². The zero-order valence-electron chi connectivity index (χ0n) is 12.0. The third kappa shape index (κ3) is 2.50. The fraction of sp³-hybridized carbons (Fsp3) is 0.235. The lowest BCUT2D eigenvalue weighted by atomic mass is 10.2. The van der Waals surface area contributed by atoms with Gasteiger partial charge in [-0.1, -0.05) is 41.9 Å². The third-order valence-corrected chi connectivity index (χ3v) is 4.27. The molecule has 1 aliphatic carbocycles. The second-order valence-corrected chi connectivity index (χ2v) is 5.89. The van der Waals surface area contributed by atoms with E-state index in [4.69, 9.17) is 11.6 Å². The largest absolute Gasteiger partial charge is 0.268 e. The van der Waals surface area contributed by atoms with Crippen LogP contribution in [0.5, 0.6) is 0 Å². The summed E-state index contributed by atoms with van der Waals surface area (Å²) in [6.07, 6.45) is 6.86. The van der Waals surface area contributed by atoms with Gasteiger partial charge in [0.05, 0.1) is 18.3 Å². The van der Waals surface area contributed by atoms with Crippen LogP contribution in [0.1, 0.15) is 23.2 Å². The van der Waals surface area contributed by atoms with E-state index in [-0.39, 0.29) is 0 Å². The van der Waals surface area contributed by atoms with E-state index >= 15 is 0 Å². The van der Waals surface area contributed by atoms with Crippen LogP contribution in [0.3, 0.4) is 0 Å². The first kappa shape index (κ1) is 13.5. The molecule has 22 heavy (non-hydrogen) atoms. The normalized spacial score (nSPS) is 13.3. The summed E-state index contributed by atoms with van der Waals surface area (Å²) in [6.45, 7) is 0.736. The van der Waals surface area contributed by atoms with Crippen LogP contribution in [-0.4, -0.2) is 19.7 Å². The number of hydrogen-bond acceptors (Lipinski definition) is 3. The number of nitrogens with zero attached hydrogens (tertiary/aromatic N) is 4. The molecule has 0 saturated heterocycles. The first-order chi connectivity index (χ1) is 10.8. The van der Waals surface area contributed by atoms with Crippen molar-refractivity contribution in [2.75, 3.05) is 0 Å². The summed E-state index contributed by atoms with van der Waals surface area (Å²) in [5.74, 6) is 0.671. The molecule has 0 N–H and O–H groups in total. The number of rotatable bonds is 3. The minimum absolute atomic E-state index is 0.591. The predicted molar refractivity (Wildman–Crippen MR) is 85.8 cm³/mol. The van der Waals surface area contributed by atoms with Gasteiger partial charge in [-0.25, -0.2) is 9.97 Å². The Morgan fingerprint density at radius 2 is 1.95 bits per heavy atom. The number of aryl methyl sites for hydroxylation is 1. The predicted octanol–water partition coefficient (Wildman–Crippen LogP) is 3.53. The molecule has 5 heteroatoms. The second-order valence-electron chi connectivity index (χ2n) is 5.53. The van der Waals surface area contributed by atoms with Gasteiger partial charge in [0.15, 0.2) is 5.82 Å². The summed E-state index contributed by atoms with van der Waals surface area (Å²) in [5, 5.41) is 5.00. The van der Waals surface area contributed by atoms with E-state index in [9.17, 15) is 0 Å². The summed E-state index contributed by atoms with van der Waals surface area (Å²) in [5.41, 5.74) is 4.32. The molecule has 3 aromatic rings. The molecule has 0 amide bonds. The van der Waals surface area contributed by atoms with Crippen molar-refractivity contribution >= 4 is 11.6 Å². The molecule has 0 fully saturated rings. The molecule has 0 bridgehead atoms. The van der Waals surface area contributed by atoms with Crippen LogP contribution < -0.4 is 0 Å². The minimum Gasteiger partial charge on any atom is -0.268 e. The highest BCUT2D eigenvalue weighted by atomic mass is 35.5. The number of halogens is 1. The zero-order chi connectivity index (χ0) is 14.9. The Bertz CT molecular complexity index is 811. The SMILES string of the molecule is Clc1nc(-c2cnn(Cc3ccccc3)c2)nc2c1CCC2. The van der Waals surface area contributed by atoms with Crippen LogP contribution in [0.25, 0.3) is 11.4 Å².